The van der Waals surface area contributed by atoms with Crippen molar-refractivity contribution in [2.24, 2.45) is 5.92 Å². The smallest absolute Gasteiger partial charge is 0.412 e. The second-order valence-corrected chi connectivity index (χ2v) is 8.94. The van der Waals surface area contributed by atoms with Gasteiger partial charge in [0.2, 0.25) is 0 Å². The second kappa shape index (κ2) is 6.90. The molecule has 2 atom stereocenters. The molecule has 6 heteroatoms. The molecule has 0 aromatic heterocycles. The normalized spacial score (nSPS) is 22.2. The van der Waals surface area contributed by atoms with Crippen molar-refractivity contribution in [1.82, 2.24) is 4.90 Å². The first-order chi connectivity index (χ1) is 10.6. The fourth-order valence-corrected chi connectivity index (χ4v) is 2.70. The van der Waals surface area contributed by atoms with E-state index in [9.17, 15) is 9.59 Å². The topological polar surface area (TPSA) is 65.1 Å². The molecule has 0 N–H and O–H groups in total. The quantitative estimate of drug-likeness (QED) is 0.731. The van der Waals surface area contributed by atoms with E-state index in [1.54, 1.807) is 4.90 Å². The predicted octanol–water partition coefficient (Wildman–Crippen LogP) is 3.73. The summed E-state index contributed by atoms with van der Waals surface area (Å²) in [6.45, 7) is 17.0. The number of amides is 1. The third-order valence-corrected chi connectivity index (χ3v) is 3.67. The molecular formula is C18H33NO5. The maximum atomic E-state index is 12.6. The Kier molecular flexibility index (Phi) is 5.97. The van der Waals surface area contributed by atoms with Crippen LogP contribution in [0.2, 0.25) is 0 Å². The van der Waals surface area contributed by atoms with E-state index in [1.807, 2.05) is 62.3 Å². The maximum Gasteiger partial charge on any atom is 0.412 e. The largest absolute Gasteiger partial charge is 0.460 e. The summed E-state index contributed by atoms with van der Waals surface area (Å²) in [7, 11) is 0. The Labute approximate surface area is 145 Å². The van der Waals surface area contributed by atoms with Crippen LogP contribution in [0.4, 0.5) is 4.79 Å². The molecule has 1 saturated heterocycles. The summed E-state index contributed by atoms with van der Waals surface area (Å²) < 4.78 is 16.7. The van der Waals surface area contributed by atoms with Gasteiger partial charge in [-0.15, -0.1) is 0 Å². The number of esters is 1. The molecule has 0 aliphatic carbocycles. The highest BCUT2D eigenvalue weighted by Crippen LogP contribution is 2.34. The van der Waals surface area contributed by atoms with Crippen LogP contribution in [-0.4, -0.2) is 46.5 Å². The van der Waals surface area contributed by atoms with Gasteiger partial charge < -0.3 is 14.2 Å². The lowest BCUT2D eigenvalue weighted by Gasteiger charge is -2.37. The lowest BCUT2D eigenvalue weighted by molar-refractivity contribution is -0.156. The molecule has 0 bridgehead atoms. The van der Waals surface area contributed by atoms with Crippen molar-refractivity contribution in [3.8, 4) is 0 Å². The molecule has 0 aromatic rings. The number of hydrogen-bond acceptors (Lipinski definition) is 5. The summed E-state index contributed by atoms with van der Waals surface area (Å²) in [6.07, 6.45) is -0.202. The first kappa shape index (κ1) is 20.7. The van der Waals surface area contributed by atoms with E-state index in [4.69, 9.17) is 14.2 Å². The Morgan fingerprint density at radius 3 is 2.08 bits per heavy atom. The van der Waals surface area contributed by atoms with Crippen molar-refractivity contribution < 1.29 is 23.8 Å². The number of rotatable bonds is 3. The minimum absolute atomic E-state index is 0.103. The lowest BCUT2D eigenvalue weighted by Crippen LogP contribution is -2.51. The molecule has 0 spiro atoms. The van der Waals surface area contributed by atoms with Gasteiger partial charge in [-0.05, 0) is 61.3 Å². The molecule has 1 amide bonds. The molecule has 140 valence electrons. The van der Waals surface area contributed by atoms with Crippen molar-refractivity contribution in [3.05, 3.63) is 0 Å². The Hall–Kier alpha value is -1.30. The van der Waals surface area contributed by atoms with Crippen molar-refractivity contribution in [3.63, 3.8) is 0 Å². The molecule has 0 aromatic carbocycles. The molecular weight excluding hydrogens is 310 g/mol. The van der Waals surface area contributed by atoms with E-state index >= 15 is 0 Å². The fourth-order valence-electron chi connectivity index (χ4n) is 2.70. The SMILES string of the molecule is C[C@@H](CC(=O)OC(C)(C)C)C1COC(C)(C)N1C(=O)OC(C)(C)C. The summed E-state index contributed by atoms with van der Waals surface area (Å²) in [5.74, 6) is -0.377. The number of carbonyl (C=O) groups excluding carboxylic acids is 2. The average molecular weight is 343 g/mol. The Morgan fingerprint density at radius 2 is 1.62 bits per heavy atom. The van der Waals surface area contributed by atoms with E-state index in [0.717, 1.165) is 0 Å². The molecule has 24 heavy (non-hydrogen) atoms. The van der Waals surface area contributed by atoms with Crippen LogP contribution >= 0.6 is 0 Å². The zero-order valence-electron chi connectivity index (χ0n) is 16.6. The Morgan fingerprint density at radius 1 is 1.12 bits per heavy atom. The van der Waals surface area contributed by atoms with E-state index < -0.39 is 23.0 Å². The van der Waals surface area contributed by atoms with Gasteiger partial charge in [0, 0.05) is 0 Å². The van der Waals surface area contributed by atoms with Crippen molar-refractivity contribution in [2.45, 2.75) is 91.7 Å². The van der Waals surface area contributed by atoms with Crippen LogP contribution in [0, 0.1) is 5.92 Å². The van der Waals surface area contributed by atoms with E-state index in [-0.39, 0.29) is 24.3 Å². The zero-order valence-corrected chi connectivity index (χ0v) is 16.6. The summed E-state index contributed by atoms with van der Waals surface area (Å²) in [5.41, 5.74) is -1.88. The monoisotopic (exact) mass is 343 g/mol. The van der Waals surface area contributed by atoms with Crippen LogP contribution in [-0.2, 0) is 19.0 Å². The molecule has 1 aliphatic heterocycles. The van der Waals surface area contributed by atoms with Crippen molar-refractivity contribution >= 4 is 12.1 Å². The highest BCUT2D eigenvalue weighted by Gasteiger charge is 2.47. The predicted molar refractivity (Wildman–Crippen MR) is 91.5 cm³/mol. The van der Waals surface area contributed by atoms with Crippen LogP contribution in [0.5, 0.6) is 0 Å². The zero-order chi connectivity index (χ0) is 18.9. The molecule has 1 heterocycles. The molecule has 1 rings (SSSR count). The minimum atomic E-state index is -0.769. The highest BCUT2D eigenvalue weighted by molar-refractivity contribution is 5.71. The first-order valence-corrected chi connectivity index (χ1v) is 8.50. The van der Waals surface area contributed by atoms with E-state index in [2.05, 4.69) is 0 Å². The maximum absolute atomic E-state index is 12.6. The van der Waals surface area contributed by atoms with Gasteiger partial charge in [-0.1, -0.05) is 6.92 Å². The van der Waals surface area contributed by atoms with Crippen LogP contribution in [0.1, 0.15) is 68.7 Å². The van der Waals surface area contributed by atoms with Gasteiger partial charge in [-0.3, -0.25) is 9.69 Å². The summed E-state index contributed by atoms with van der Waals surface area (Å²) in [6, 6.07) is -0.234. The summed E-state index contributed by atoms with van der Waals surface area (Å²) in [4.78, 5) is 26.3. The molecule has 0 saturated carbocycles. The average Bonchev–Trinajstić information content (AvgIpc) is 2.59. The van der Waals surface area contributed by atoms with Crippen molar-refractivity contribution in [2.75, 3.05) is 6.61 Å². The number of carbonyl (C=O) groups is 2. The first-order valence-electron chi connectivity index (χ1n) is 8.50. The molecule has 1 unspecified atom stereocenters. The molecule has 0 radical (unpaired) electrons. The van der Waals surface area contributed by atoms with Gasteiger partial charge in [0.15, 0.2) is 0 Å². The van der Waals surface area contributed by atoms with Gasteiger partial charge in [0.25, 0.3) is 0 Å². The molecule has 1 fully saturated rings. The number of nitrogens with zero attached hydrogens (tertiary/aromatic N) is 1. The van der Waals surface area contributed by atoms with Crippen LogP contribution in [0.25, 0.3) is 0 Å². The van der Waals surface area contributed by atoms with Crippen LogP contribution in [0.15, 0.2) is 0 Å². The van der Waals surface area contributed by atoms with Gasteiger partial charge >= 0.3 is 12.1 Å². The molecule has 6 nitrogen and oxygen atoms in total. The third-order valence-electron chi connectivity index (χ3n) is 3.67. The van der Waals surface area contributed by atoms with Crippen molar-refractivity contribution in [1.29, 1.82) is 0 Å². The second-order valence-electron chi connectivity index (χ2n) is 8.94. The standard InChI is InChI=1S/C18H33NO5/c1-12(10-14(20)23-16(2,3)4)13-11-22-18(8,9)19(13)15(21)24-17(5,6)7/h12-13H,10-11H2,1-9H3/t12-,13?/m0/s1. The van der Waals surface area contributed by atoms with E-state index in [0.29, 0.717) is 6.61 Å². The summed E-state index contributed by atoms with van der Waals surface area (Å²) in [5, 5.41) is 0. The lowest BCUT2D eigenvalue weighted by atomic mass is 9.97. The van der Waals surface area contributed by atoms with Gasteiger partial charge in [0.05, 0.1) is 19.1 Å². The number of ether oxygens (including phenoxy) is 3. The highest BCUT2D eigenvalue weighted by atomic mass is 16.6. The van der Waals surface area contributed by atoms with Gasteiger partial charge in [-0.2, -0.15) is 0 Å². The van der Waals surface area contributed by atoms with E-state index in [1.165, 1.54) is 0 Å². The fraction of sp³-hybridized carbons (Fsp3) is 0.889. The molecule has 1 aliphatic rings. The summed E-state index contributed by atoms with van der Waals surface area (Å²) >= 11 is 0. The van der Waals surface area contributed by atoms with Gasteiger partial charge in [-0.25, -0.2) is 4.79 Å². The number of hydrogen-bond donors (Lipinski definition) is 0. The van der Waals surface area contributed by atoms with Crippen LogP contribution in [0.3, 0.4) is 0 Å². The third kappa shape index (κ3) is 5.96. The van der Waals surface area contributed by atoms with Gasteiger partial charge in [0.1, 0.15) is 16.9 Å². The Bertz CT molecular complexity index is 473. The van der Waals surface area contributed by atoms with Crippen LogP contribution < -0.4 is 0 Å². The Balaban J connectivity index is 2.84. The minimum Gasteiger partial charge on any atom is -0.460 e.